The van der Waals surface area contributed by atoms with Gasteiger partial charge in [-0.15, -0.1) is 0 Å². The maximum absolute atomic E-state index is 13.4. The number of esters is 1. The summed E-state index contributed by atoms with van der Waals surface area (Å²) in [4.78, 5) is 15.5. The molecule has 0 N–H and O–H groups in total. The number of ether oxygens (including phenoxy) is 4. The molecule has 8 heteroatoms. The van der Waals surface area contributed by atoms with Gasteiger partial charge in [-0.2, -0.15) is 0 Å². The molecule has 0 saturated heterocycles. The van der Waals surface area contributed by atoms with Crippen molar-refractivity contribution < 1.29 is 23.7 Å². The van der Waals surface area contributed by atoms with Gasteiger partial charge in [-0.1, -0.05) is 13.8 Å². The molecule has 0 aliphatic rings. The van der Waals surface area contributed by atoms with E-state index >= 15 is 0 Å². The molecular weight excluding hydrogens is 488 g/mol. The number of nitrogens with zero attached hydrogens (tertiary/aromatic N) is 2. The molecule has 0 saturated carbocycles. The van der Waals surface area contributed by atoms with Crippen molar-refractivity contribution in [1.82, 2.24) is 9.47 Å². The molecule has 7 nitrogen and oxygen atoms in total. The van der Waals surface area contributed by atoms with E-state index in [0.29, 0.717) is 17.1 Å². The molecule has 0 radical (unpaired) electrons. The van der Waals surface area contributed by atoms with Gasteiger partial charge in [-0.3, -0.25) is 4.90 Å². The average Bonchev–Trinajstić information content (AvgIpc) is 3.08. The molecule has 1 aromatic heterocycles. The van der Waals surface area contributed by atoms with Crippen LogP contribution < -0.4 is 14.2 Å². The molecule has 2 aromatic carbocycles. The second-order valence-electron chi connectivity index (χ2n) is 7.57. The van der Waals surface area contributed by atoms with Crippen LogP contribution >= 0.6 is 15.9 Å². The number of aromatic nitrogens is 1. The number of benzene rings is 2. The highest BCUT2D eigenvalue weighted by Gasteiger charge is 2.26. The lowest BCUT2D eigenvalue weighted by atomic mass is 10.1. The highest BCUT2D eigenvalue weighted by atomic mass is 79.9. The molecule has 3 aromatic rings. The van der Waals surface area contributed by atoms with E-state index in [4.69, 9.17) is 18.9 Å². The van der Waals surface area contributed by atoms with E-state index in [0.717, 1.165) is 39.9 Å². The van der Waals surface area contributed by atoms with Gasteiger partial charge < -0.3 is 23.5 Å². The highest BCUT2D eigenvalue weighted by molar-refractivity contribution is 9.10. The maximum atomic E-state index is 13.4. The Morgan fingerprint density at radius 3 is 2.27 bits per heavy atom. The predicted octanol–water partition coefficient (Wildman–Crippen LogP) is 5.38. The van der Waals surface area contributed by atoms with Crippen LogP contribution in [0.4, 0.5) is 0 Å². The molecule has 1 atom stereocenters. The molecule has 33 heavy (non-hydrogen) atoms. The molecule has 178 valence electrons. The van der Waals surface area contributed by atoms with Crippen LogP contribution in [-0.2, 0) is 18.4 Å². The Balaban J connectivity index is 2.02. The molecule has 1 heterocycles. The summed E-state index contributed by atoms with van der Waals surface area (Å²) in [5.41, 5.74) is 2.07. The summed E-state index contributed by atoms with van der Waals surface area (Å²) in [6, 6.07) is 11.1. The second-order valence-corrected chi connectivity index (χ2v) is 8.43. The van der Waals surface area contributed by atoms with Gasteiger partial charge in [0.05, 0.1) is 35.5 Å². The van der Waals surface area contributed by atoms with Crippen LogP contribution in [0.25, 0.3) is 10.9 Å². The Bertz CT molecular complexity index is 1110. The van der Waals surface area contributed by atoms with Crippen molar-refractivity contribution in [2.45, 2.75) is 33.6 Å². The van der Waals surface area contributed by atoms with Crippen molar-refractivity contribution >= 4 is 32.8 Å². The van der Waals surface area contributed by atoms with E-state index < -0.39 is 5.97 Å². The van der Waals surface area contributed by atoms with Gasteiger partial charge in [-0.05, 0) is 72.3 Å². The fourth-order valence-electron chi connectivity index (χ4n) is 3.89. The first-order valence-corrected chi connectivity index (χ1v) is 11.7. The number of carbonyl (C=O) groups excluding carboxylic acids is 1. The summed E-state index contributed by atoms with van der Waals surface area (Å²) in [6.07, 6.45) is -0.351. The fourth-order valence-corrected chi connectivity index (χ4v) is 4.39. The minimum absolute atomic E-state index is 0.196. The minimum atomic E-state index is -0.391. The number of carbonyl (C=O) groups is 1. The van der Waals surface area contributed by atoms with Crippen molar-refractivity contribution in [3.63, 3.8) is 0 Å². The van der Waals surface area contributed by atoms with Crippen LogP contribution in [0, 0.1) is 0 Å². The lowest BCUT2D eigenvalue weighted by Gasteiger charge is -2.26. The number of halogens is 1. The Kier molecular flexibility index (Phi) is 8.26. The van der Waals surface area contributed by atoms with E-state index in [-0.39, 0.29) is 12.8 Å². The lowest BCUT2D eigenvalue weighted by molar-refractivity contribution is -0.0197. The first-order valence-electron chi connectivity index (χ1n) is 10.9. The Labute approximate surface area is 203 Å². The maximum Gasteiger partial charge on any atom is 0.342 e. The van der Waals surface area contributed by atoms with E-state index in [1.807, 2.05) is 68.8 Å². The van der Waals surface area contributed by atoms with Crippen LogP contribution in [0.5, 0.6) is 17.2 Å². The SMILES string of the molecule is CCN(CC)C(C)OC(=O)c1c(COc2ccc(OC)cc2)n(C)c2cc(Br)c(OC)cc12. The van der Waals surface area contributed by atoms with E-state index in [9.17, 15) is 4.79 Å². The van der Waals surface area contributed by atoms with Gasteiger partial charge in [0, 0.05) is 12.4 Å². The second kappa shape index (κ2) is 10.9. The number of methoxy groups -OCH3 is 2. The topological polar surface area (TPSA) is 62.2 Å². The average molecular weight is 519 g/mol. The van der Waals surface area contributed by atoms with Crippen LogP contribution in [0.3, 0.4) is 0 Å². The molecule has 0 bridgehead atoms. The predicted molar refractivity (Wildman–Crippen MR) is 132 cm³/mol. The number of aryl methyl sites for hydroxylation is 1. The van der Waals surface area contributed by atoms with Crippen LogP contribution in [-0.4, -0.2) is 49.0 Å². The van der Waals surface area contributed by atoms with Crippen LogP contribution in [0.15, 0.2) is 40.9 Å². The standard InChI is InChI=1S/C25H31BrN2O5/c1-7-28(8-2)16(3)33-25(29)24-19-13-23(31-6)20(26)14-21(19)27(4)22(24)15-32-18-11-9-17(30-5)10-12-18/h9-14,16H,7-8,15H2,1-6H3. The molecule has 3 rings (SSSR count). The molecule has 0 spiro atoms. The Morgan fingerprint density at radius 2 is 1.70 bits per heavy atom. The number of rotatable bonds is 10. The zero-order valence-corrected chi connectivity index (χ0v) is 21.6. The third kappa shape index (κ3) is 5.28. The molecule has 0 aliphatic carbocycles. The summed E-state index contributed by atoms with van der Waals surface area (Å²) in [6.45, 7) is 7.75. The summed E-state index contributed by atoms with van der Waals surface area (Å²) < 4.78 is 25.4. The van der Waals surface area contributed by atoms with Gasteiger partial charge in [-0.25, -0.2) is 4.79 Å². The fraction of sp³-hybridized carbons (Fsp3) is 0.400. The van der Waals surface area contributed by atoms with E-state index in [2.05, 4.69) is 20.8 Å². The van der Waals surface area contributed by atoms with Crippen molar-refractivity contribution in [2.24, 2.45) is 7.05 Å². The van der Waals surface area contributed by atoms with E-state index in [1.54, 1.807) is 14.2 Å². The number of hydrogen-bond donors (Lipinski definition) is 0. The van der Waals surface area contributed by atoms with Gasteiger partial charge in [0.15, 0.2) is 6.23 Å². The summed E-state index contributed by atoms with van der Waals surface area (Å²) in [5, 5.41) is 0.752. The van der Waals surface area contributed by atoms with Crippen molar-refractivity contribution in [1.29, 1.82) is 0 Å². The van der Waals surface area contributed by atoms with Crippen molar-refractivity contribution in [3.05, 3.63) is 52.1 Å². The van der Waals surface area contributed by atoms with Gasteiger partial charge in [0.2, 0.25) is 0 Å². The monoisotopic (exact) mass is 518 g/mol. The third-order valence-corrected chi connectivity index (χ3v) is 6.46. The molecule has 1 unspecified atom stereocenters. The van der Waals surface area contributed by atoms with Crippen LogP contribution in [0.2, 0.25) is 0 Å². The van der Waals surface area contributed by atoms with Gasteiger partial charge in [0.25, 0.3) is 0 Å². The summed E-state index contributed by atoms with van der Waals surface area (Å²) in [7, 11) is 5.14. The summed E-state index contributed by atoms with van der Waals surface area (Å²) >= 11 is 3.55. The third-order valence-electron chi connectivity index (χ3n) is 5.84. The lowest BCUT2D eigenvalue weighted by Crippen LogP contribution is -2.36. The Morgan fingerprint density at radius 1 is 1.06 bits per heavy atom. The highest BCUT2D eigenvalue weighted by Crippen LogP contribution is 2.35. The summed E-state index contributed by atoms with van der Waals surface area (Å²) in [5.74, 6) is 1.67. The van der Waals surface area contributed by atoms with E-state index in [1.165, 1.54) is 0 Å². The zero-order chi connectivity index (χ0) is 24.1. The first-order chi connectivity index (χ1) is 15.8. The molecular formula is C25H31BrN2O5. The molecule has 0 fully saturated rings. The smallest absolute Gasteiger partial charge is 0.342 e. The largest absolute Gasteiger partial charge is 0.497 e. The number of hydrogen-bond acceptors (Lipinski definition) is 6. The quantitative estimate of drug-likeness (QED) is 0.265. The normalized spacial score (nSPS) is 12.1. The van der Waals surface area contributed by atoms with Crippen molar-refractivity contribution in [3.8, 4) is 17.2 Å². The van der Waals surface area contributed by atoms with Gasteiger partial charge >= 0.3 is 5.97 Å². The molecule has 0 aliphatic heterocycles. The van der Waals surface area contributed by atoms with Gasteiger partial charge in [0.1, 0.15) is 23.9 Å². The van der Waals surface area contributed by atoms with Crippen molar-refractivity contribution in [2.75, 3.05) is 27.3 Å². The minimum Gasteiger partial charge on any atom is -0.497 e. The van der Waals surface area contributed by atoms with Crippen LogP contribution in [0.1, 0.15) is 36.8 Å². The Hall–Kier alpha value is -2.71. The number of fused-ring (bicyclic) bond motifs is 1. The first kappa shape index (κ1) is 24.9. The molecule has 0 amide bonds. The zero-order valence-electron chi connectivity index (χ0n) is 20.0.